The van der Waals surface area contributed by atoms with E-state index in [2.05, 4.69) is 0 Å². The van der Waals surface area contributed by atoms with Gasteiger partial charge in [0.15, 0.2) is 0 Å². The number of hydrogen-bond donors (Lipinski definition) is 0. The Bertz CT molecular complexity index is 122. The van der Waals surface area contributed by atoms with Gasteiger partial charge in [0.2, 0.25) is 0 Å². The first-order valence-electron chi connectivity index (χ1n) is 4.24. The Balaban J connectivity index is -0.00000000859. The molecular weight excluding hydrogens is 714 g/mol. The molecule has 0 aliphatic heterocycles. The van der Waals surface area contributed by atoms with Crippen molar-refractivity contribution in [2.75, 3.05) is 0 Å². The molecule has 0 rings (SSSR count). The van der Waals surface area contributed by atoms with E-state index in [4.69, 9.17) is 90.4 Å². The normalized spacial score (nSPS) is 4.91. The quantitative estimate of drug-likeness (QED) is 0.210. The van der Waals surface area contributed by atoms with Crippen molar-refractivity contribution in [2.24, 2.45) is 0 Å². The zero-order valence-electron chi connectivity index (χ0n) is 17.2. The van der Waals surface area contributed by atoms with Crippen molar-refractivity contribution in [3.63, 3.8) is 0 Å². The molecule has 33 heteroatoms. The summed E-state index contributed by atoms with van der Waals surface area (Å²) >= 11 is 0. The zero-order valence-corrected chi connectivity index (χ0v) is 37.1. The van der Waals surface area contributed by atoms with Crippen molar-refractivity contribution in [1.82, 2.24) is 0 Å². The van der Waals surface area contributed by atoms with Crippen LogP contribution >= 0.6 is 0 Å². The SMILES string of the molecule is [Ca+2].[Ca+2].[Ca+2].[Ca+2].[Ca+2].[Ca+2].[Ca+2].[Ca+2].[Ca+2].[O-]B([O-])[O-].[O-]B([O-])[O-].[O-]B([O-])[O-].[O-]B([O-])[O-].[O-]B([O-])[O-].[O-]B([O-])[O-]. The van der Waals surface area contributed by atoms with E-state index < -0.39 is 43.9 Å². The molecule has 0 unspecified atom stereocenters. The summed E-state index contributed by atoms with van der Waals surface area (Å²) in [4.78, 5) is 0. The molecule has 0 atom stereocenters. The maximum atomic E-state index is 8.42. The van der Waals surface area contributed by atoms with Gasteiger partial charge in [-0.05, 0) is 0 Å². The van der Waals surface area contributed by atoms with Crippen LogP contribution in [0.3, 0.4) is 0 Å². The van der Waals surface area contributed by atoms with Crippen molar-refractivity contribution >= 4 is 384 Å². The Labute approximate surface area is 460 Å². The maximum Gasteiger partial charge on any atom is 2.00 e. The fourth-order valence-electron chi connectivity index (χ4n) is 0. The van der Waals surface area contributed by atoms with Gasteiger partial charge in [-0.2, -0.15) is 0 Å². The molecule has 0 aromatic carbocycles. The van der Waals surface area contributed by atoms with E-state index in [1.807, 2.05) is 0 Å². The molecule has 0 amide bonds. The smallest absolute Gasteiger partial charge is 0.907 e. The van der Waals surface area contributed by atoms with Crippen LogP contribution in [0.15, 0.2) is 0 Å². The van der Waals surface area contributed by atoms with Crippen LogP contribution in [0.5, 0.6) is 0 Å². The van der Waals surface area contributed by atoms with Gasteiger partial charge < -0.3 is 90.4 Å². The van der Waals surface area contributed by atoms with Gasteiger partial charge in [-0.15, -0.1) is 0 Å². The third-order valence-electron chi connectivity index (χ3n) is 0. The number of rotatable bonds is 0. The second-order valence-corrected chi connectivity index (χ2v) is 1.73. The summed E-state index contributed by atoms with van der Waals surface area (Å²) in [5.41, 5.74) is 0. The monoisotopic (exact) mass is 714 g/mol. The van der Waals surface area contributed by atoms with Crippen LogP contribution in [0.2, 0.25) is 0 Å². The molecule has 0 fully saturated rings. The Morgan fingerprint density at radius 3 is 0.152 bits per heavy atom. The predicted molar refractivity (Wildman–Crippen MR) is 86.3 cm³/mol. The molecule has 0 radical (unpaired) electrons. The molecule has 144 valence electrons. The molecular formula is B6Ca9O18. The molecule has 0 spiro atoms. The molecule has 0 N–H and O–H groups in total. The van der Waals surface area contributed by atoms with Crippen LogP contribution < -0.4 is 90.4 Å². The topological polar surface area (TPSA) is 415 Å². The van der Waals surface area contributed by atoms with Gasteiger partial charge in [0.25, 0.3) is 0 Å². The molecule has 0 saturated carbocycles. The molecule has 0 aromatic rings. The summed E-state index contributed by atoms with van der Waals surface area (Å²) in [6.45, 7) is 0. The summed E-state index contributed by atoms with van der Waals surface area (Å²) in [7, 11) is -17.5. The Morgan fingerprint density at radius 1 is 0.152 bits per heavy atom. The van der Waals surface area contributed by atoms with Crippen molar-refractivity contribution in [3.8, 4) is 0 Å². The molecule has 0 aromatic heterocycles. The van der Waals surface area contributed by atoms with Crippen molar-refractivity contribution in [1.29, 1.82) is 0 Å². The third kappa shape index (κ3) is 597. The molecule has 0 bridgehead atoms. The average molecular weight is 714 g/mol. The molecule has 33 heavy (non-hydrogen) atoms. The second-order valence-electron chi connectivity index (χ2n) is 1.73. The standard InChI is InChI=1S/6BO3.9Ca/c6*2-1(3)4;;;;;;;;;/q6*-3;9*+2. The largest absolute Gasteiger partial charge is 2.00 e. The van der Waals surface area contributed by atoms with Gasteiger partial charge in [-0.25, -0.2) is 0 Å². The van der Waals surface area contributed by atoms with Crippen LogP contribution in [0.25, 0.3) is 0 Å². The second kappa shape index (κ2) is 90.2. The van der Waals surface area contributed by atoms with Gasteiger partial charge in [-0.3, -0.25) is 43.9 Å². The predicted octanol–water partition coefficient (Wildman–Crippen LogP) is -27.1. The van der Waals surface area contributed by atoms with Crippen LogP contribution in [0, 0.1) is 0 Å². The van der Waals surface area contributed by atoms with Crippen LogP contribution in [0.4, 0.5) is 0 Å². The fraction of sp³-hybridized carbons (Fsp3) is 0. The number of hydrogen-bond acceptors (Lipinski definition) is 18. The van der Waals surface area contributed by atoms with Gasteiger partial charge in [-0.1, -0.05) is 0 Å². The Kier molecular flexibility index (Phi) is 264. The van der Waals surface area contributed by atoms with Crippen LogP contribution in [0.1, 0.15) is 0 Å². The summed E-state index contributed by atoms with van der Waals surface area (Å²) in [6, 6.07) is 0. The van der Waals surface area contributed by atoms with Crippen molar-refractivity contribution in [3.05, 3.63) is 0 Å². The molecule has 0 heterocycles. The van der Waals surface area contributed by atoms with Gasteiger partial charge in [0.05, 0.1) is 0 Å². The van der Waals surface area contributed by atoms with E-state index in [1.54, 1.807) is 0 Å². The first kappa shape index (κ1) is 96.7. The summed E-state index contributed by atoms with van der Waals surface area (Å²) in [6.07, 6.45) is 0. The summed E-state index contributed by atoms with van der Waals surface area (Å²) < 4.78 is 0. The van der Waals surface area contributed by atoms with Crippen molar-refractivity contribution < 1.29 is 90.4 Å². The van der Waals surface area contributed by atoms with E-state index in [0.717, 1.165) is 0 Å². The van der Waals surface area contributed by atoms with Gasteiger partial charge in [0, 0.05) is 0 Å². The van der Waals surface area contributed by atoms with Crippen LogP contribution in [-0.2, 0) is 0 Å². The van der Waals surface area contributed by atoms with E-state index in [9.17, 15) is 0 Å². The van der Waals surface area contributed by atoms with E-state index in [0.29, 0.717) is 0 Å². The van der Waals surface area contributed by atoms with Gasteiger partial charge in [0.1, 0.15) is 0 Å². The van der Waals surface area contributed by atoms with Crippen LogP contribution in [-0.4, -0.2) is 384 Å². The van der Waals surface area contributed by atoms with Crippen molar-refractivity contribution in [2.45, 2.75) is 0 Å². The average Bonchev–Trinajstić information content (AvgIpc) is 2.08. The maximum absolute atomic E-state index is 8.42. The minimum Gasteiger partial charge on any atom is -0.907 e. The Morgan fingerprint density at radius 2 is 0.152 bits per heavy atom. The zero-order chi connectivity index (χ0) is 21.5. The minimum atomic E-state index is -2.92. The first-order valence-corrected chi connectivity index (χ1v) is 4.24. The van der Waals surface area contributed by atoms with Gasteiger partial charge >= 0.3 is 340 Å². The van der Waals surface area contributed by atoms with E-state index >= 15 is 0 Å². The third-order valence-corrected chi connectivity index (χ3v) is 0. The molecule has 0 aliphatic carbocycles. The van der Waals surface area contributed by atoms with E-state index in [-0.39, 0.29) is 340 Å². The molecule has 0 aliphatic rings. The first-order chi connectivity index (χ1) is 10.4. The molecule has 0 saturated heterocycles. The Hall–Kier alpha value is 11.0. The fourth-order valence-corrected chi connectivity index (χ4v) is 0. The molecule has 18 nitrogen and oxygen atoms in total. The van der Waals surface area contributed by atoms with E-state index in [1.165, 1.54) is 0 Å². The summed E-state index contributed by atoms with van der Waals surface area (Å²) in [5.74, 6) is 0. The summed E-state index contributed by atoms with van der Waals surface area (Å²) in [5, 5.41) is 152. The minimum absolute atomic E-state index is 0.